The summed E-state index contributed by atoms with van der Waals surface area (Å²) in [6.07, 6.45) is 0. The second-order valence-electron chi connectivity index (χ2n) is 5.41. The topological polar surface area (TPSA) is 55.4 Å². The fourth-order valence-electron chi connectivity index (χ4n) is 2.08. The maximum atomic E-state index is 12.9. The summed E-state index contributed by atoms with van der Waals surface area (Å²) in [7, 11) is -2.18. The summed E-state index contributed by atoms with van der Waals surface area (Å²) in [5.74, 6) is 0.217. The van der Waals surface area contributed by atoms with Gasteiger partial charge in [0.25, 0.3) is 0 Å². The van der Waals surface area contributed by atoms with Gasteiger partial charge in [-0.25, -0.2) is 17.5 Å². The van der Waals surface area contributed by atoms with Crippen LogP contribution in [0.5, 0.6) is 5.75 Å². The number of sulfonamides is 1. The van der Waals surface area contributed by atoms with Gasteiger partial charge < -0.3 is 4.74 Å². The highest BCUT2D eigenvalue weighted by molar-refractivity contribution is 7.89. The van der Waals surface area contributed by atoms with Crippen LogP contribution in [-0.2, 0) is 15.6 Å². The Morgan fingerprint density at radius 2 is 1.55 bits per heavy atom. The van der Waals surface area contributed by atoms with Crippen molar-refractivity contribution in [3.8, 4) is 5.75 Å². The van der Waals surface area contributed by atoms with Gasteiger partial charge in [0, 0.05) is 0 Å². The van der Waals surface area contributed by atoms with Gasteiger partial charge in [-0.3, -0.25) is 0 Å². The smallest absolute Gasteiger partial charge is 0.241 e. The second-order valence-corrected chi connectivity index (χ2v) is 7.10. The number of benzene rings is 2. The number of halogens is 1. The van der Waals surface area contributed by atoms with E-state index in [0.29, 0.717) is 5.75 Å². The van der Waals surface area contributed by atoms with E-state index in [1.54, 1.807) is 45.2 Å². The second kappa shape index (κ2) is 6.06. The summed E-state index contributed by atoms with van der Waals surface area (Å²) in [5, 5.41) is 0. The third kappa shape index (κ3) is 3.64. The zero-order chi connectivity index (χ0) is 16.4. The Hall–Kier alpha value is -1.92. The third-order valence-corrected chi connectivity index (χ3v) is 5.00. The summed E-state index contributed by atoms with van der Waals surface area (Å²) in [6.45, 7) is 3.52. The lowest BCUT2D eigenvalue weighted by molar-refractivity contribution is 0.413. The minimum Gasteiger partial charge on any atom is -0.497 e. The molecular formula is C16H18FNO3S. The number of hydrogen-bond acceptors (Lipinski definition) is 3. The normalized spacial score (nSPS) is 12.2. The van der Waals surface area contributed by atoms with Crippen LogP contribution in [0.3, 0.4) is 0 Å². The fourth-order valence-corrected chi connectivity index (χ4v) is 3.48. The highest BCUT2D eigenvalue weighted by Gasteiger charge is 2.28. The molecule has 0 atom stereocenters. The largest absolute Gasteiger partial charge is 0.497 e. The third-order valence-electron chi connectivity index (χ3n) is 3.33. The summed E-state index contributed by atoms with van der Waals surface area (Å²) in [5.41, 5.74) is -0.0292. The van der Waals surface area contributed by atoms with Crippen molar-refractivity contribution in [2.45, 2.75) is 24.3 Å². The van der Waals surface area contributed by atoms with E-state index in [4.69, 9.17) is 4.74 Å². The van der Waals surface area contributed by atoms with Crippen molar-refractivity contribution in [2.24, 2.45) is 0 Å². The summed E-state index contributed by atoms with van der Waals surface area (Å²) < 4.78 is 45.4. The molecule has 2 rings (SSSR count). The van der Waals surface area contributed by atoms with Crippen molar-refractivity contribution in [3.05, 3.63) is 59.9 Å². The molecule has 0 aromatic heterocycles. The van der Waals surface area contributed by atoms with Crippen LogP contribution in [-0.4, -0.2) is 15.5 Å². The van der Waals surface area contributed by atoms with Crippen molar-refractivity contribution >= 4 is 10.0 Å². The first-order valence-electron chi connectivity index (χ1n) is 6.69. The van der Waals surface area contributed by atoms with Crippen molar-refractivity contribution in [1.82, 2.24) is 4.72 Å². The standard InChI is InChI=1S/C16H18FNO3S/c1-16(2,12-4-8-14(21-3)9-5-12)18-22(19,20)15-10-6-13(17)7-11-15/h4-11,18H,1-3H3. The van der Waals surface area contributed by atoms with E-state index >= 15 is 0 Å². The maximum Gasteiger partial charge on any atom is 0.241 e. The Kier molecular flexibility index (Phi) is 4.53. The molecule has 0 spiro atoms. The summed E-state index contributed by atoms with van der Waals surface area (Å²) >= 11 is 0. The lowest BCUT2D eigenvalue weighted by Crippen LogP contribution is -2.40. The maximum absolute atomic E-state index is 12.9. The van der Waals surface area contributed by atoms with Crippen molar-refractivity contribution < 1.29 is 17.5 Å². The van der Waals surface area contributed by atoms with Crippen LogP contribution in [0, 0.1) is 5.82 Å². The molecule has 0 fully saturated rings. The molecule has 0 bridgehead atoms. The molecule has 0 unspecified atom stereocenters. The van der Waals surface area contributed by atoms with Gasteiger partial charge in [-0.15, -0.1) is 0 Å². The number of ether oxygens (including phenoxy) is 1. The van der Waals surface area contributed by atoms with E-state index in [9.17, 15) is 12.8 Å². The number of nitrogens with one attached hydrogen (secondary N) is 1. The van der Waals surface area contributed by atoms with Crippen LogP contribution in [0.4, 0.5) is 4.39 Å². The molecule has 0 saturated carbocycles. The molecule has 0 amide bonds. The van der Waals surface area contributed by atoms with Crippen molar-refractivity contribution in [3.63, 3.8) is 0 Å². The molecule has 0 heterocycles. The van der Waals surface area contributed by atoms with Gasteiger partial charge in [0.15, 0.2) is 0 Å². The number of methoxy groups -OCH3 is 1. The fraction of sp³-hybridized carbons (Fsp3) is 0.250. The molecule has 22 heavy (non-hydrogen) atoms. The predicted octanol–water partition coefficient (Wildman–Crippen LogP) is 3.05. The van der Waals surface area contributed by atoms with Gasteiger partial charge in [0.2, 0.25) is 10.0 Å². The molecule has 0 saturated heterocycles. The molecule has 118 valence electrons. The molecule has 0 radical (unpaired) electrons. The van der Waals surface area contributed by atoms with Crippen molar-refractivity contribution in [1.29, 1.82) is 0 Å². The molecule has 1 N–H and O–H groups in total. The average molecular weight is 323 g/mol. The van der Waals surface area contributed by atoms with Gasteiger partial charge in [-0.1, -0.05) is 12.1 Å². The van der Waals surface area contributed by atoms with E-state index in [2.05, 4.69) is 4.72 Å². The minimum atomic E-state index is -3.75. The SMILES string of the molecule is COc1ccc(C(C)(C)NS(=O)(=O)c2ccc(F)cc2)cc1. The van der Waals surface area contributed by atoms with Crippen LogP contribution in [0.2, 0.25) is 0 Å². The monoisotopic (exact) mass is 323 g/mol. The first kappa shape index (κ1) is 16.5. The van der Waals surface area contributed by atoms with Gasteiger partial charge >= 0.3 is 0 Å². The van der Waals surface area contributed by atoms with E-state index in [0.717, 1.165) is 17.7 Å². The molecule has 6 heteroatoms. The Bertz CT molecular complexity index is 738. The Morgan fingerprint density at radius 3 is 2.05 bits per heavy atom. The van der Waals surface area contributed by atoms with Gasteiger partial charge in [0.1, 0.15) is 11.6 Å². The van der Waals surface area contributed by atoms with Crippen LogP contribution in [0.15, 0.2) is 53.4 Å². The van der Waals surface area contributed by atoms with Crippen LogP contribution in [0.25, 0.3) is 0 Å². The van der Waals surface area contributed by atoms with Gasteiger partial charge in [-0.2, -0.15) is 0 Å². The number of rotatable bonds is 5. The minimum absolute atomic E-state index is 0.0236. The van der Waals surface area contributed by atoms with Gasteiger partial charge in [-0.05, 0) is 55.8 Å². The molecule has 0 aliphatic rings. The van der Waals surface area contributed by atoms with Crippen molar-refractivity contribution in [2.75, 3.05) is 7.11 Å². The van der Waals surface area contributed by atoms with Crippen LogP contribution >= 0.6 is 0 Å². The highest BCUT2D eigenvalue weighted by Crippen LogP contribution is 2.25. The number of hydrogen-bond donors (Lipinski definition) is 1. The highest BCUT2D eigenvalue weighted by atomic mass is 32.2. The Balaban J connectivity index is 2.27. The zero-order valence-corrected chi connectivity index (χ0v) is 13.4. The van der Waals surface area contributed by atoms with E-state index < -0.39 is 21.4 Å². The Morgan fingerprint density at radius 1 is 1.00 bits per heavy atom. The quantitative estimate of drug-likeness (QED) is 0.920. The molecule has 2 aromatic rings. The summed E-state index contributed by atoms with van der Waals surface area (Å²) in [4.78, 5) is 0.0236. The Labute approximate surface area is 130 Å². The molecular weight excluding hydrogens is 305 g/mol. The zero-order valence-electron chi connectivity index (χ0n) is 12.6. The lowest BCUT2D eigenvalue weighted by atomic mass is 9.96. The average Bonchev–Trinajstić information content (AvgIpc) is 2.46. The predicted molar refractivity (Wildman–Crippen MR) is 82.7 cm³/mol. The first-order chi connectivity index (χ1) is 10.2. The van der Waals surface area contributed by atoms with E-state index in [1.165, 1.54) is 12.1 Å². The summed E-state index contributed by atoms with van der Waals surface area (Å²) in [6, 6.07) is 11.8. The van der Waals surface area contributed by atoms with Gasteiger partial charge in [0.05, 0.1) is 17.5 Å². The van der Waals surface area contributed by atoms with E-state index in [1.807, 2.05) is 0 Å². The molecule has 0 aliphatic carbocycles. The lowest BCUT2D eigenvalue weighted by Gasteiger charge is -2.26. The van der Waals surface area contributed by atoms with E-state index in [-0.39, 0.29) is 4.90 Å². The first-order valence-corrected chi connectivity index (χ1v) is 8.17. The molecule has 2 aromatic carbocycles. The molecule has 0 aliphatic heterocycles. The molecule has 4 nitrogen and oxygen atoms in total. The van der Waals surface area contributed by atoms with Crippen LogP contribution < -0.4 is 9.46 Å². The van der Waals surface area contributed by atoms with Crippen LogP contribution in [0.1, 0.15) is 19.4 Å².